The number of amides is 2. The second-order valence-electron chi connectivity index (χ2n) is 7.34. The van der Waals surface area contributed by atoms with Crippen LogP contribution in [0.15, 0.2) is 0 Å². The summed E-state index contributed by atoms with van der Waals surface area (Å²) >= 11 is 0. The molecule has 0 aromatic rings. The summed E-state index contributed by atoms with van der Waals surface area (Å²) in [6, 6.07) is -1.72. The average molecular weight is 327 g/mol. The molecule has 0 spiro atoms. The van der Waals surface area contributed by atoms with Crippen molar-refractivity contribution in [3.63, 3.8) is 0 Å². The molecule has 1 saturated heterocycles. The standard InChI is InChI=1S/C16H28N2O5/c1-10(2)9-11(17-15(22)23-16(3,4)5)13(19)18-8-6-7-12(18)14(20)21/h10-12H,6-9H2,1-5H3,(H,17,22)(H,20,21)/p-1/t11-,12-/m0/s1. The minimum Gasteiger partial charge on any atom is -0.548 e. The summed E-state index contributed by atoms with van der Waals surface area (Å²) in [5, 5.41) is 13.7. The number of alkyl carbamates (subject to hydrolysis) is 1. The Hall–Kier alpha value is -1.79. The van der Waals surface area contributed by atoms with Crippen molar-refractivity contribution in [1.29, 1.82) is 0 Å². The van der Waals surface area contributed by atoms with E-state index >= 15 is 0 Å². The Kier molecular flexibility index (Phi) is 6.41. The third kappa shape index (κ3) is 6.08. The number of rotatable bonds is 5. The number of nitrogens with zero attached hydrogens (tertiary/aromatic N) is 1. The first-order valence-electron chi connectivity index (χ1n) is 8.02. The van der Waals surface area contributed by atoms with E-state index in [1.165, 1.54) is 4.90 Å². The lowest BCUT2D eigenvalue weighted by Crippen LogP contribution is -2.54. The number of hydrogen-bond acceptors (Lipinski definition) is 5. The lowest BCUT2D eigenvalue weighted by molar-refractivity contribution is -0.310. The highest BCUT2D eigenvalue weighted by Crippen LogP contribution is 2.20. The van der Waals surface area contributed by atoms with Gasteiger partial charge in [-0.15, -0.1) is 0 Å². The fourth-order valence-electron chi connectivity index (χ4n) is 2.62. The molecule has 0 radical (unpaired) electrons. The number of aliphatic carboxylic acids is 1. The van der Waals surface area contributed by atoms with E-state index in [9.17, 15) is 19.5 Å². The molecule has 23 heavy (non-hydrogen) atoms. The average Bonchev–Trinajstić information content (AvgIpc) is 2.83. The number of carbonyl (C=O) groups is 3. The van der Waals surface area contributed by atoms with Gasteiger partial charge in [0.15, 0.2) is 0 Å². The number of hydrogen-bond donors (Lipinski definition) is 1. The Labute approximate surface area is 137 Å². The summed E-state index contributed by atoms with van der Waals surface area (Å²) < 4.78 is 5.19. The maximum absolute atomic E-state index is 12.7. The first-order chi connectivity index (χ1) is 10.5. The summed E-state index contributed by atoms with van der Waals surface area (Å²) in [6.07, 6.45) is 0.731. The van der Waals surface area contributed by atoms with E-state index in [4.69, 9.17) is 4.74 Å². The van der Waals surface area contributed by atoms with Gasteiger partial charge in [0.25, 0.3) is 0 Å². The summed E-state index contributed by atoms with van der Waals surface area (Å²) in [7, 11) is 0. The molecule has 7 heteroatoms. The van der Waals surface area contributed by atoms with Gasteiger partial charge >= 0.3 is 6.09 Å². The molecule has 1 rings (SSSR count). The highest BCUT2D eigenvalue weighted by atomic mass is 16.6. The molecular weight excluding hydrogens is 300 g/mol. The Balaban J connectivity index is 2.82. The molecule has 0 aliphatic carbocycles. The molecule has 0 bridgehead atoms. The number of nitrogens with one attached hydrogen (secondary N) is 1. The van der Waals surface area contributed by atoms with Crippen LogP contribution < -0.4 is 10.4 Å². The lowest BCUT2D eigenvalue weighted by Gasteiger charge is -2.31. The van der Waals surface area contributed by atoms with Crippen LogP contribution in [0.5, 0.6) is 0 Å². The smallest absolute Gasteiger partial charge is 0.408 e. The van der Waals surface area contributed by atoms with Gasteiger partial charge in [-0.05, 0) is 46.0 Å². The fraction of sp³-hybridized carbons (Fsp3) is 0.812. The highest BCUT2D eigenvalue weighted by molar-refractivity contribution is 5.89. The highest BCUT2D eigenvalue weighted by Gasteiger charge is 2.35. The van der Waals surface area contributed by atoms with Crippen LogP contribution in [0.1, 0.15) is 53.9 Å². The van der Waals surface area contributed by atoms with Gasteiger partial charge in [0, 0.05) is 6.54 Å². The Morgan fingerprint density at radius 1 is 1.30 bits per heavy atom. The summed E-state index contributed by atoms with van der Waals surface area (Å²) in [6.45, 7) is 9.42. The van der Waals surface area contributed by atoms with Crippen LogP contribution in [0, 0.1) is 5.92 Å². The molecule has 132 valence electrons. The number of likely N-dealkylation sites (tertiary alicyclic amines) is 1. The van der Waals surface area contributed by atoms with Gasteiger partial charge in [0.2, 0.25) is 5.91 Å². The maximum Gasteiger partial charge on any atom is 0.408 e. The van der Waals surface area contributed by atoms with E-state index in [0.717, 1.165) is 0 Å². The molecule has 0 unspecified atom stereocenters. The third-order valence-corrected chi connectivity index (χ3v) is 3.50. The minimum atomic E-state index is -1.25. The second kappa shape index (κ2) is 7.66. The molecule has 0 aromatic heterocycles. The quantitative estimate of drug-likeness (QED) is 0.800. The van der Waals surface area contributed by atoms with Gasteiger partial charge in [0.1, 0.15) is 11.6 Å². The SMILES string of the molecule is CC(C)C[C@H](NC(=O)OC(C)(C)C)C(=O)N1CCC[C@H]1C(=O)[O-]. The van der Waals surface area contributed by atoms with E-state index in [1.54, 1.807) is 20.8 Å². The van der Waals surface area contributed by atoms with Crippen molar-refractivity contribution in [2.24, 2.45) is 5.92 Å². The zero-order valence-corrected chi connectivity index (χ0v) is 14.5. The van der Waals surface area contributed by atoms with Crippen LogP contribution in [0.25, 0.3) is 0 Å². The van der Waals surface area contributed by atoms with E-state index in [-0.39, 0.29) is 5.92 Å². The molecule has 2 atom stereocenters. The van der Waals surface area contributed by atoms with Crippen LogP contribution in [0.2, 0.25) is 0 Å². The zero-order chi connectivity index (χ0) is 17.8. The number of carboxylic acids is 1. The third-order valence-electron chi connectivity index (χ3n) is 3.50. The van der Waals surface area contributed by atoms with Gasteiger partial charge in [-0.2, -0.15) is 0 Å². The second-order valence-corrected chi connectivity index (χ2v) is 7.34. The van der Waals surface area contributed by atoms with Crippen LogP contribution in [-0.2, 0) is 14.3 Å². The molecule has 1 N–H and O–H groups in total. The van der Waals surface area contributed by atoms with E-state index in [2.05, 4.69) is 5.32 Å². The van der Waals surface area contributed by atoms with E-state index in [0.29, 0.717) is 25.8 Å². The molecular formula is C16H27N2O5-. The first kappa shape index (κ1) is 19.3. The van der Waals surface area contributed by atoms with Crippen LogP contribution in [-0.4, -0.2) is 47.1 Å². The van der Waals surface area contributed by atoms with Crippen LogP contribution in [0.3, 0.4) is 0 Å². The van der Waals surface area contributed by atoms with Crippen molar-refractivity contribution in [3.8, 4) is 0 Å². The normalized spacial score (nSPS) is 19.6. The van der Waals surface area contributed by atoms with Crippen molar-refractivity contribution < 1.29 is 24.2 Å². The molecule has 1 fully saturated rings. The molecule has 0 aromatic carbocycles. The fourth-order valence-corrected chi connectivity index (χ4v) is 2.62. The predicted octanol–water partition coefficient (Wildman–Crippen LogP) is 0.667. The summed E-state index contributed by atoms with van der Waals surface area (Å²) in [5.74, 6) is -1.49. The molecule has 1 heterocycles. The van der Waals surface area contributed by atoms with Crippen LogP contribution >= 0.6 is 0 Å². The number of carboxylic acid groups (broad SMARTS) is 1. The van der Waals surface area contributed by atoms with Gasteiger partial charge in [-0.25, -0.2) is 4.79 Å². The molecule has 1 aliphatic heterocycles. The minimum absolute atomic E-state index is 0.155. The Morgan fingerprint density at radius 2 is 1.91 bits per heavy atom. The van der Waals surface area contributed by atoms with Crippen molar-refractivity contribution in [2.75, 3.05) is 6.54 Å². The van der Waals surface area contributed by atoms with Gasteiger partial charge in [-0.1, -0.05) is 13.8 Å². The van der Waals surface area contributed by atoms with E-state index < -0.39 is 35.7 Å². The molecule has 7 nitrogen and oxygen atoms in total. The first-order valence-corrected chi connectivity index (χ1v) is 8.02. The van der Waals surface area contributed by atoms with Gasteiger partial charge in [0.05, 0.1) is 12.0 Å². The van der Waals surface area contributed by atoms with E-state index in [1.807, 2.05) is 13.8 Å². The lowest BCUT2D eigenvalue weighted by atomic mass is 10.0. The maximum atomic E-state index is 12.7. The molecule has 2 amide bonds. The van der Waals surface area contributed by atoms with Gasteiger partial charge < -0.3 is 24.9 Å². The van der Waals surface area contributed by atoms with Crippen molar-refractivity contribution >= 4 is 18.0 Å². The summed E-state index contributed by atoms with van der Waals surface area (Å²) in [4.78, 5) is 37.1. The molecule has 0 saturated carbocycles. The van der Waals surface area contributed by atoms with Crippen molar-refractivity contribution in [3.05, 3.63) is 0 Å². The zero-order valence-electron chi connectivity index (χ0n) is 14.5. The predicted molar refractivity (Wildman–Crippen MR) is 82.4 cm³/mol. The van der Waals surface area contributed by atoms with Crippen LogP contribution in [0.4, 0.5) is 4.79 Å². The Bertz CT molecular complexity index is 456. The van der Waals surface area contributed by atoms with Gasteiger partial charge in [-0.3, -0.25) is 4.79 Å². The topological polar surface area (TPSA) is 98.8 Å². The number of carbonyl (C=O) groups excluding carboxylic acids is 3. The summed E-state index contributed by atoms with van der Waals surface area (Å²) in [5.41, 5.74) is -0.670. The van der Waals surface area contributed by atoms with Crippen molar-refractivity contribution in [2.45, 2.75) is 71.6 Å². The monoisotopic (exact) mass is 327 g/mol. The largest absolute Gasteiger partial charge is 0.548 e. The number of ether oxygens (including phenoxy) is 1. The van der Waals surface area contributed by atoms with Crippen molar-refractivity contribution in [1.82, 2.24) is 10.2 Å². The molecule has 1 aliphatic rings. The Morgan fingerprint density at radius 3 is 2.39 bits per heavy atom.